The van der Waals surface area contributed by atoms with Crippen LogP contribution in [0.25, 0.3) is 0 Å². The highest BCUT2D eigenvalue weighted by molar-refractivity contribution is 6.39. The van der Waals surface area contributed by atoms with E-state index in [-0.39, 0.29) is 35.9 Å². The van der Waals surface area contributed by atoms with Gasteiger partial charge in [0.15, 0.2) is 0 Å². The van der Waals surface area contributed by atoms with E-state index in [1.807, 2.05) is 12.2 Å². The molecule has 1 aliphatic carbocycles. The van der Waals surface area contributed by atoms with Crippen molar-refractivity contribution in [2.24, 2.45) is 11.8 Å². The van der Waals surface area contributed by atoms with Gasteiger partial charge in [-0.2, -0.15) is 0 Å². The maximum Gasteiger partial charge on any atom is 0.244 e. The number of nitrogens with one attached hydrogen (secondary N) is 1. The molecule has 0 radical (unpaired) electrons. The first-order valence-corrected chi connectivity index (χ1v) is 7.98. The molecule has 1 saturated heterocycles. The number of likely N-dealkylation sites (tertiary alicyclic amines) is 1. The van der Waals surface area contributed by atoms with Crippen molar-refractivity contribution < 1.29 is 14.4 Å². The minimum atomic E-state index is -0.506. The molecule has 1 N–H and O–H groups in total. The summed E-state index contributed by atoms with van der Waals surface area (Å²) in [5, 5.41) is 3.15. The van der Waals surface area contributed by atoms with Crippen LogP contribution in [0.5, 0.6) is 0 Å². The van der Waals surface area contributed by atoms with Gasteiger partial charge in [0.25, 0.3) is 0 Å². The fourth-order valence-electron chi connectivity index (χ4n) is 2.96. The Balaban J connectivity index is 1.71. The number of para-hydroxylation sites is 1. The van der Waals surface area contributed by atoms with Crippen LogP contribution in [0, 0.1) is 11.8 Å². The molecule has 1 heterocycles. The zero-order valence-electron chi connectivity index (χ0n) is 12.1. The number of allylic oxidation sites excluding steroid dienone is 2. The Morgan fingerprint density at radius 3 is 2.13 bits per heavy atom. The van der Waals surface area contributed by atoms with E-state index in [0.29, 0.717) is 22.9 Å². The highest BCUT2D eigenvalue weighted by atomic mass is 35.5. The molecule has 2 aliphatic rings. The van der Waals surface area contributed by atoms with E-state index in [0.717, 1.165) is 4.90 Å². The summed E-state index contributed by atoms with van der Waals surface area (Å²) in [6.07, 6.45) is 4.90. The highest BCUT2D eigenvalue weighted by Gasteiger charge is 2.47. The van der Waals surface area contributed by atoms with E-state index in [1.165, 1.54) is 0 Å². The molecule has 120 valence electrons. The second kappa shape index (κ2) is 6.34. The predicted molar refractivity (Wildman–Crippen MR) is 87.2 cm³/mol. The molecule has 23 heavy (non-hydrogen) atoms. The quantitative estimate of drug-likeness (QED) is 0.671. The molecule has 3 amide bonds. The molecule has 5 nitrogen and oxygen atoms in total. The minimum absolute atomic E-state index is 0.277. The minimum Gasteiger partial charge on any atom is -0.322 e. The van der Waals surface area contributed by atoms with Crippen molar-refractivity contribution >= 4 is 46.6 Å². The van der Waals surface area contributed by atoms with Crippen molar-refractivity contribution in [3.63, 3.8) is 0 Å². The van der Waals surface area contributed by atoms with Crippen LogP contribution >= 0.6 is 23.2 Å². The van der Waals surface area contributed by atoms with Crippen molar-refractivity contribution in [3.05, 3.63) is 40.4 Å². The number of carbonyl (C=O) groups is 3. The normalized spacial score (nSPS) is 23.1. The molecule has 7 heteroatoms. The first kappa shape index (κ1) is 16.0. The number of rotatable bonds is 3. The summed E-state index contributed by atoms with van der Waals surface area (Å²) in [6, 6.07) is 4.84. The lowest BCUT2D eigenvalue weighted by Crippen LogP contribution is -2.38. The summed E-state index contributed by atoms with van der Waals surface area (Å²) in [7, 11) is 0. The van der Waals surface area contributed by atoms with Gasteiger partial charge in [-0.25, -0.2) is 0 Å². The standard InChI is InChI=1S/C16H14Cl2N2O3/c17-11-6-3-7-12(18)14(11)19-13(21)8-20-15(22)9-4-1-2-5-10(9)16(20)23/h1-3,6-7,9-10H,4-5,8H2,(H,19,21)/t9-,10+. The largest absolute Gasteiger partial charge is 0.322 e. The van der Waals surface area contributed by atoms with Crippen LogP contribution < -0.4 is 5.32 Å². The Kier molecular flexibility index (Phi) is 4.41. The topological polar surface area (TPSA) is 66.5 Å². The summed E-state index contributed by atoms with van der Waals surface area (Å²) in [5.41, 5.74) is 0.277. The number of benzene rings is 1. The lowest BCUT2D eigenvalue weighted by atomic mass is 9.85. The molecule has 0 aromatic heterocycles. The van der Waals surface area contributed by atoms with Gasteiger partial charge in [0, 0.05) is 0 Å². The monoisotopic (exact) mass is 352 g/mol. The fraction of sp³-hybridized carbons (Fsp3) is 0.312. The van der Waals surface area contributed by atoms with Gasteiger partial charge in [0.2, 0.25) is 17.7 Å². The molecule has 0 saturated carbocycles. The molecule has 1 aliphatic heterocycles. The van der Waals surface area contributed by atoms with Gasteiger partial charge in [-0.05, 0) is 25.0 Å². The molecule has 0 spiro atoms. The van der Waals surface area contributed by atoms with Gasteiger partial charge in [-0.15, -0.1) is 0 Å². The molecule has 1 aromatic rings. The summed E-state index contributed by atoms with van der Waals surface area (Å²) in [6.45, 7) is -0.327. The molecule has 0 bridgehead atoms. The third kappa shape index (κ3) is 2.99. The third-order valence-corrected chi connectivity index (χ3v) is 4.76. The van der Waals surface area contributed by atoms with Crippen LogP contribution in [-0.4, -0.2) is 29.2 Å². The van der Waals surface area contributed by atoms with Crippen LogP contribution in [0.15, 0.2) is 30.4 Å². The summed E-state index contributed by atoms with van der Waals surface area (Å²) >= 11 is 12.0. The van der Waals surface area contributed by atoms with Gasteiger partial charge in [0.1, 0.15) is 6.54 Å². The van der Waals surface area contributed by atoms with Gasteiger partial charge >= 0.3 is 0 Å². The Morgan fingerprint density at radius 1 is 1.09 bits per heavy atom. The van der Waals surface area contributed by atoms with Crippen LogP contribution in [0.4, 0.5) is 5.69 Å². The molecular weight excluding hydrogens is 339 g/mol. The lowest BCUT2D eigenvalue weighted by Gasteiger charge is -2.15. The first-order valence-electron chi connectivity index (χ1n) is 7.23. The summed E-state index contributed by atoms with van der Waals surface area (Å²) in [5.74, 6) is -1.77. The van der Waals surface area contributed by atoms with E-state index in [1.54, 1.807) is 18.2 Å². The maximum absolute atomic E-state index is 12.3. The van der Waals surface area contributed by atoms with Crippen molar-refractivity contribution in [1.29, 1.82) is 0 Å². The van der Waals surface area contributed by atoms with Crippen LogP contribution in [-0.2, 0) is 14.4 Å². The number of carbonyl (C=O) groups excluding carboxylic acids is 3. The number of nitrogens with zero attached hydrogens (tertiary/aromatic N) is 1. The molecule has 2 atom stereocenters. The molecule has 1 aromatic carbocycles. The van der Waals surface area contributed by atoms with Crippen molar-refractivity contribution in [3.8, 4) is 0 Å². The zero-order valence-corrected chi connectivity index (χ0v) is 13.6. The van der Waals surface area contributed by atoms with E-state index >= 15 is 0 Å². The number of imide groups is 1. The number of hydrogen-bond acceptors (Lipinski definition) is 3. The van der Waals surface area contributed by atoms with E-state index in [2.05, 4.69) is 5.32 Å². The van der Waals surface area contributed by atoms with Crippen LogP contribution in [0.1, 0.15) is 12.8 Å². The first-order chi connectivity index (χ1) is 11.0. The van der Waals surface area contributed by atoms with E-state index in [4.69, 9.17) is 23.2 Å². The van der Waals surface area contributed by atoms with E-state index in [9.17, 15) is 14.4 Å². The van der Waals surface area contributed by atoms with Crippen LogP contribution in [0.2, 0.25) is 10.0 Å². The Morgan fingerprint density at radius 2 is 1.61 bits per heavy atom. The van der Waals surface area contributed by atoms with Crippen molar-refractivity contribution in [2.75, 3.05) is 11.9 Å². The van der Waals surface area contributed by atoms with Gasteiger partial charge in [0.05, 0.1) is 27.6 Å². The zero-order chi connectivity index (χ0) is 16.6. The van der Waals surface area contributed by atoms with Gasteiger partial charge < -0.3 is 5.32 Å². The van der Waals surface area contributed by atoms with Crippen LogP contribution in [0.3, 0.4) is 0 Å². The molecule has 0 unspecified atom stereocenters. The smallest absolute Gasteiger partial charge is 0.244 e. The Bertz CT molecular complexity index is 671. The molecular formula is C16H14Cl2N2O3. The third-order valence-electron chi connectivity index (χ3n) is 4.13. The highest BCUT2D eigenvalue weighted by Crippen LogP contribution is 2.35. The number of hydrogen-bond donors (Lipinski definition) is 1. The lowest BCUT2D eigenvalue weighted by molar-refractivity contribution is -0.142. The number of amides is 3. The SMILES string of the molecule is O=C(CN1C(=O)[C@H]2CC=CC[C@H]2C1=O)Nc1c(Cl)cccc1Cl. The number of halogens is 2. The summed E-state index contributed by atoms with van der Waals surface area (Å²) in [4.78, 5) is 37.8. The number of anilines is 1. The van der Waals surface area contributed by atoms with Crippen molar-refractivity contribution in [2.45, 2.75) is 12.8 Å². The fourth-order valence-corrected chi connectivity index (χ4v) is 3.46. The Hall–Kier alpha value is -1.85. The second-order valence-corrected chi connectivity index (χ2v) is 6.38. The average molecular weight is 353 g/mol. The maximum atomic E-state index is 12.3. The molecule has 3 rings (SSSR count). The van der Waals surface area contributed by atoms with Gasteiger partial charge in [-0.3, -0.25) is 19.3 Å². The van der Waals surface area contributed by atoms with Crippen molar-refractivity contribution in [1.82, 2.24) is 4.90 Å². The van der Waals surface area contributed by atoms with Gasteiger partial charge in [-0.1, -0.05) is 41.4 Å². The number of fused-ring (bicyclic) bond motifs is 1. The average Bonchev–Trinajstić information content (AvgIpc) is 2.77. The predicted octanol–water partition coefficient (Wildman–Crippen LogP) is 2.88. The van der Waals surface area contributed by atoms with E-state index < -0.39 is 5.91 Å². The Labute approximate surface area is 143 Å². The molecule has 1 fully saturated rings. The summed E-state index contributed by atoms with van der Waals surface area (Å²) < 4.78 is 0. The second-order valence-electron chi connectivity index (χ2n) is 5.56.